The van der Waals surface area contributed by atoms with Gasteiger partial charge >= 0.3 is 0 Å². The van der Waals surface area contributed by atoms with Gasteiger partial charge in [-0.15, -0.1) is 0 Å². The Morgan fingerprint density at radius 3 is 2.25 bits per heavy atom. The van der Waals surface area contributed by atoms with Crippen molar-refractivity contribution in [3.05, 3.63) is 29.3 Å². The highest BCUT2D eigenvalue weighted by atomic mass is 16.5. The van der Waals surface area contributed by atoms with E-state index in [1.165, 1.54) is 11.1 Å². The average Bonchev–Trinajstić information content (AvgIpc) is 2.40. The van der Waals surface area contributed by atoms with Crippen LogP contribution in [0.3, 0.4) is 0 Å². The van der Waals surface area contributed by atoms with Crippen LogP contribution >= 0.6 is 0 Å². The van der Waals surface area contributed by atoms with Crippen LogP contribution in [0.25, 0.3) is 0 Å². The number of hydrogen-bond acceptors (Lipinski definition) is 3. The molecule has 4 N–H and O–H groups in total. The van der Waals surface area contributed by atoms with Crippen LogP contribution in [0.15, 0.2) is 18.2 Å². The molecular weight excluding hydrogens is 248 g/mol. The van der Waals surface area contributed by atoms with Crippen LogP contribution < -0.4 is 16.2 Å². The molecule has 1 rings (SSSR count). The number of hydrogen-bond donors (Lipinski definition) is 2. The number of ether oxygens (including phenoxy) is 1. The van der Waals surface area contributed by atoms with Crippen LogP contribution in [0.4, 0.5) is 0 Å². The third-order valence-electron chi connectivity index (χ3n) is 3.85. The van der Waals surface area contributed by atoms with Crippen molar-refractivity contribution in [2.45, 2.75) is 34.1 Å². The van der Waals surface area contributed by atoms with Gasteiger partial charge in [-0.3, -0.25) is 0 Å². The molecule has 0 heterocycles. The summed E-state index contributed by atoms with van der Waals surface area (Å²) in [4.78, 5) is 0. The standard InChI is InChI=1S/C17H30N2O/c1-12(2)11-20-17-6-5-15(14(4)8-17)7-13(3)16(9-18)10-19/h5-6,8,12-13,16H,7,9-11,18-19H2,1-4H3. The van der Waals surface area contributed by atoms with Crippen molar-refractivity contribution in [1.82, 2.24) is 0 Å². The van der Waals surface area contributed by atoms with Crippen LogP contribution in [0, 0.1) is 24.7 Å². The maximum absolute atomic E-state index is 5.77. The first kappa shape index (κ1) is 17.0. The van der Waals surface area contributed by atoms with E-state index in [4.69, 9.17) is 16.2 Å². The summed E-state index contributed by atoms with van der Waals surface area (Å²) < 4.78 is 5.76. The fraction of sp³-hybridized carbons (Fsp3) is 0.647. The molecule has 0 saturated heterocycles. The molecule has 0 aliphatic rings. The molecule has 1 atom stereocenters. The summed E-state index contributed by atoms with van der Waals surface area (Å²) in [6.07, 6.45) is 1.02. The van der Waals surface area contributed by atoms with Crippen LogP contribution in [0.1, 0.15) is 31.9 Å². The Kier molecular flexibility index (Phi) is 7.03. The molecule has 0 radical (unpaired) electrons. The van der Waals surface area contributed by atoms with Gasteiger partial charge in [0, 0.05) is 0 Å². The zero-order chi connectivity index (χ0) is 15.1. The molecule has 20 heavy (non-hydrogen) atoms. The smallest absolute Gasteiger partial charge is 0.119 e. The van der Waals surface area contributed by atoms with E-state index < -0.39 is 0 Å². The Hall–Kier alpha value is -1.06. The minimum Gasteiger partial charge on any atom is -0.493 e. The van der Waals surface area contributed by atoms with Gasteiger partial charge in [0.2, 0.25) is 0 Å². The van der Waals surface area contributed by atoms with E-state index in [-0.39, 0.29) is 0 Å². The Morgan fingerprint density at radius 1 is 1.10 bits per heavy atom. The zero-order valence-electron chi connectivity index (χ0n) is 13.4. The predicted octanol–water partition coefficient (Wildman–Crippen LogP) is 2.74. The van der Waals surface area contributed by atoms with Gasteiger partial charge in [-0.2, -0.15) is 0 Å². The lowest BCUT2D eigenvalue weighted by atomic mass is 9.87. The molecule has 0 aliphatic heterocycles. The number of aryl methyl sites for hydroxylation is 1. The maximum Gasteiger partial charge on any atom is 0.119 e. The first-order valence-corrected chi connectivity index (χ1v) is 7.60. The van der Waals surface area contributed by atoms with Crippen molar-refractivity contribution in [3.8, 4) is 5.75 Å². The SMILES string of the molecule is Cc1cc(OCC(C)C)ccc1CC(C)C(CN)CN. The molecule has 0 amide bonds. The summed E-state index contributed by atoms with van der Waals surface area (Å²) in [7, 11) is 0. The molecule has 1 unspecified atom stereocenters. The highest BCUT2D eigenvalue weighted by Crippen LogP contribution is 2.22. The minimum atomic E-state index is 0.395. The molecule has 1 aromatic carbocycles. The second-order valence-electron chi connectivity index (χ2n) is 6.21. The van der Waals surface area contributed by atoms with E-state index in [0.29, 0.717) is 30.8 Å². The molecule has 3 heteroatoms. The van der Waals surface area contributed by atoms with Gasteiger partial charge in [-0.05, 0) is 67.4 Å². The quantitative estimate of drug-likeness (QED) is 0.768. The molecule has 3 nitrogen and oxygen atoms in total. The molecule has 114 valence electrons. The summed E-state index contributed by atoms with van der Waals surface area (Å²) in [5.41, 5.74) is 14.2. The van der Waals surface area contributed by atoms with Crippen LogP contribution in [-0.2, 0) is 6.42 Å². The fourth-order valence-corrected chi connectivity index (χ4v) is 2.32. The topological polar surface area (TPSA) is 61.3 Å². The lowest BCUT2D eigenvalue weighted by Crippen LogP contribution is -2.30. The van der Waals surface area contributed by atoms with Gasteiger partial charge in [-0.25, -0.2) is 0 Å². The Bertz CT molecular complexity index is 400. The van der Waals surface area contributed by atoms with Gasteiger partial charge in [0.1, 0.15) is 5.75 Å². The van der Waals surface area contributed by atoms with E-state index >= 15 is 0 Å². The minimum absolute atomic E-state index is 0.395. The molecule has 0 aliphatic carbocycles. The summed E-state index contributed by atoms with van der Waals surface area (Å²) in [5.74, 6) is 2.41. The summed E-state index contributed by atoms with van der Waals surface area (Å²) in [6.45, 7) is 10.8. The summed E-state index contributed by atoms with van der Waals surface area (Å²) in [6, 6.07) is 6.37. The Labute approximate surface area is 123 Å². The van der Waals surface area contributed by atoms with Crippen molar-refractivity contribution < 1.29 is 4.74 Å². The zero-order valence-corrected chi connectivity index (χ0v) is 13.4. The number of nitrogens with two attached hydrogens (primary N) is 2. The van der Waals surface area contributed by atoms with Gasteiger partial charge in [-0.1, -0.05) is 26.8 Å². The molecule has 0 spiro atoms. The number of benzene rings is 1. The van der Waals surface area contributed by atoms with Crippen LogP contribution in [0.2, 0.25) is 0 Å². The van der Waals surface area contributed by atoms with Gasteiger partial charge in [0.15, 0.2) is 0 Å². The molecule has 0 aromatic heterocycles. The van der Waals surface area contributed by atoms with Crippen LogP contribution in [-0.4, -0.2) is 19.7 Å². The van der Waals surface area contributed by atoms with E-state index in [0.717, 1.165) is 18.8 Å². The first-order chi connectivity index (χ1) is 9.47. The van der Waals surface area contributed by atoms with E-state index in [1.807, 2.05) is 0 Å². The maximum atomic E-state index is 5.77. The molecule has 0 bridgehead atoms. The average molecular weight is 278 g/mol. The number of rotatable bonds is 8. The summed E-state index contributed by atoms with van der Waals surface area (Å²) >= 11 is 0. The lowest BCUT2D eigenvalue weighted by molar-refractivity contribution is 0.271. The third kappa shape index (κ3) is 5.14. The Morgan fingerprint density at radius 2 is 1.75 bits per heavy atom. The third-order valence-corrected chi connectivity index (χ3v) is 3.85. The van der Waals surface area contributed by atoms with E-state index in [2.05, 4.69) is 45.9 Å². The first-order valence-electron chi connectivity index (χ1n) is 7.60. The predicted molar refractivity (Wildman–Crippen MR) is 86.0 cm³/mol. The second kappa shape index (κ2) is 8.28. The second-order valence-corrected chi connectivity index (χ2v) is 6.21. The van der Waals surface area contributed by atoms with Crippen molar-refractivity contribution in [2.75, 3.05) is 19.7 Å². The van der Waals surface area contributed by atoms with Crippen LogP contribution in [0.5, 0.6) is 5.75 Å². The fourth-order valence-electron chi connectivity index (χ4n) is 2.32. The highest BCUT2D eigenvalue weighted by Gasteiger charge is 2.15. The lowest BCUT2D eigenvalue weighted by Gasteiger charge is -2.22. The molecule has 1 aromatic rings. The van der Waals surface area contributed by atoms with Crippen molar-refractivity contribution in [1.29, 1.82) is 0 Å². The highest BCUT2D eigenvalue weighted by molar-refractivity contribution is 5.35. The van der Waals surface area contributed by atoms with Gasteiger partial charge in [0.05, 0.1) is 6.61 Å². The summed E-state index contributed by atoms with van der Waals surface area (Å²) in [5, 5.41) is 0. The van der Waals surface area contributed by atoms with Crippen molar-refractivity contribution in [2.24, 2.45) is 29.2 Å². The van der Waals surface area contributed by atoms with E-state index in [1.54, 1.807) is 0 Å². The molecule has 0 fully saturated rings. The normalized spacial score (nSPS) is 13.0. The molecule has 0 saturated carbocycles. The molecular formula is C17H30N2O. The largest absolute Gasteiger partial charge is 0.493 e. The van der Waals surface area contributed by atoms with Crippen molar-refractivity contribution in [3.63, 3.8) is 0 Å². The monoisotopic (exact) mass is 278 g/mol. The Balaban J connectivity index is 2.68. The van der Waals surface area contributed by atoms with Crippen molar-refractivity contribution >= 4 is 0 Å². The van der Waals surface area contributed by atoms with E-state index in [9.17, 15) is 0 Å². The van der Waals surface area contributed by atoms with Gasteiger partial charge < -0.3 is 16.2 Å². The van der Waals surface area contributed by atoms with Gasteiger partial charge in [0.25, 0.3) is 0 Å².